The molecule has 0 aliphatic heterocycles. The van der Waals surface area contributed by atoms with Gasteiger partial charge in [-0.3, -0.25) is 0 Å². The number of hydrogen-bond donors (Lipinski definition) is 0. The van der Waals surface area contributed by atoms with Crippen molar-refractivity contribution < 1.29 is 0 Å². The maximum atomic E-state index is 6.44. The van der Waals surface area contributed by atoms with E-state index < -0.39 is 0 Å². The molecule has 0 nitrogen and oxygen atoms in total. The fourth-order valence-corrected chi connectivity index (χ4v) is 2.85. The predicted octanol–water partition coefficient (Wildman–Crippen LogP) is 4.69. The highest BCUT2D eigenvalue weighted by Gasteiger charge is 2.13. The first-order valence-corrected chi connectivity index (χ1v) is 6.29. The lowest BCUT2D eigenvalue weighted by Gasteiger charge is -2.12. The fraction of sp³-hybridized carbons (Fsp3) is 0.231. The van der Waals surface area contributed by atoms with Crippen LogP contribution in [-0.2, 0) is 0 Å². The molecule has 0 aliphatic rings. The normalized spacial score (nSPS) is 12.7. The molecule has 1 heterocycles. The van der Waals surface area contributed by atoms with E-state index in [2.05, 4.69) is 48.9 Å². The van der Waals surface area contributed by atoms with Crippen molar-refractivity contribution in [3.63, 3.8) is 0 Å². The van der Waals surface area contributed by atoms with Gasteiger partial charge < -0.3 is 0 Å². The summed E-state index contributed by atoms with van der Waals surface area (Å²) in [6, 6.07) is 8.50. The van der Waals surface area contributed by atoms with Gasteiger partial charge in [-0.05, 0) is 47.4 Å². The lowest BCUT2D eigenvalue weighted by atomic mass is 10.00. The van der Waals surface area contributed by atoms with Gasteiger partial charge in [-0.2, -0.15) is 11.3 Å². The first-order valence-electron chi connectivity index (χ1n) is 4.92. The second-order valence-corrected chi connectivity index (χ2v) is 5.00. The minimum atomic E-state index is -0.0168. The Bertz CT molecular complexity index is 446. The molecule has 1 unspecified atom stereocenters. The third-order valence-electron chi connectivity index (χ3n) is 2.53. The van der Waals surface area contributed by atoms with E-state index in [1.807, 2.05) is 0 Å². The average Bonchev–Trinajstić information content (AvgIpc) is 2.69. The van der Waals surface area contributed by atoms with Crippen LogP contribution in [0.15, 0.2) is 35.0 Å². The highest BCUT2D eigenvalue weighted by Crippen LogP contribution is 2.32. The molecule has 2 rings (SSSR count). The number of thiophene rings is 1. The van der Waals surface area contributed by atoms with Crippen LogP contribution < -0.4 is 0 Å². The molecule has 0 radical (unpaired) electrons. The maximum absolute atomic E-state index is 6.44. The Morgan fingerprint density at radius 2 is 2.00 bits per heavy atom. The zero-order valence-electron chi connectivity index (χ0n) is 8.83. The first-order chi connectivity index (χ1) is 7.18. The lowest BCUT2D eigenvalue weighted by Crippen LogP contribution is -1.95. The molecule has 0 spiro atoms. The van der Waals surface area contributed by atoms with Crippen LogP contribution in [0.2, 0.25) is 0 Å². The summed E-state index contributed by atoms with van der Waals surface area (Å²) in [7, 11) is 0. The van der Waals surface area contributed by atoms with Crippen molar-refractivity contribution in [3.05, 3.63) is 57.3 Å². The van der Waals surface area contributed by atoms with Crippen LogP contribution in [0, 0.1) is 13.8 Å². The maximum Gasteiger partial charge on any atom is 0.0846 e. The van der Waals surface area contributed by atoms with Gasteiger partial charge >= 0.3 is 0 Å². The summed E-state index contributed by atoms with van der Waals surface area (Å²) in [6.07, 6.45) is 0. The molecule has 15 heavy (non-hydrogen) atoms. The topological polar surface area (TPSA) is 0 Å². The van der Waals surface area contributed by atoms with Gasteiger partial charge in [0, 0.05) is 0 Å². The summed E-state index contributed by atoms with van der Waals surface area (Å²) in [5.41, 5.74) is 4.95. The largest absolute Gasteiger partial charge is 0.152 e. The number of rotatable bonds is 2. The highest BCUT2D eigenvalue weighted by atomic mass is 35.5. The van der Waals surface area contributed by atoms with Crippen LogP contribution in [0.5, 0.6) is 0 Å². The van der Waals surface area contributed by atoms with E-state index in [4.69, 9.17) is 11.6 Å². The number of halogens is 1. The zero-order chi connectivity index (χ0) is 10.8. The van der Waals surface area contributed by atoms with Crippen molar-refractivity contribution in [2.45, 2.75) is 19.2 Å². The molecular formula is C13H13ClS. The van der Waals surface area contributed by atoms with Crippen molar-refractivity contribution >= 4 is 22.9 Å². The zero-order valence-corrected chi connectivity index (χ0v) is 10.4. The van der Waals surface area contributed by atoms with E-state index in [1.54, 1.807) is 11.3 Å². The molecular weight excluding hydrogens is 224 g/mol. The number of benzene rings is 1. The molecule has 1 aromatic heterocycles. The Balaban J connectivity index is 2.38. The van der Waals surface area contributed by atoms with Crippen LogP contribution in [0.4, 0.5) is 0 Å². The first kappa shape index (κ1) is 10.7. The van der Waals surface area contributed by atoms with Gasteiger partial charge in [-0.1, -0.05) is 23.8 Å². The van der Waals surface area contributed by atoms with Crippen molar-refractivity contribution in [1.29, 1.82) is 0 Å². The molecule has 0 amide bonds. The molecule has 0 aliphatic carbocycles. The van der Waals surface area contributed by atoms with Gasteiger partial charge in [0.05, 0.1) is 5.38 Å². The molecule has 78 valence electrons. The molecule has 0 saturated heterocycles. The van der Waals surface area contributed by atoms with Crippen molar-refractivity contribution in [1.82, 2.24) is 0 Å². The van der Waals surface area contributed by atoms with Gasteiger partial charge in [0.2, 0.25) is 0 Å². The highest BCUT2D eigenvalue weighted by molar-refractivity contribution is 7.08. The van der Waals surface area contributed by atoms with Gasteiger partial charge in [0.15, 0.2) is 0 Å². The van der Waals surface area contributed by atoms with Crippen LogP contribution in [0.25, 0.3) is 0 Å². The molecule has 0 bridgehead atoms. The SMILES string of the molecule is Cc1ccc(C(Cl)c2ccsc2)c(C)c1. The Morgan fingerprint density at radius 1 is 1.20 bits per heavy atom. The second-order valence-electron chi connectivity index (χ2n) is 3.78. The fourth-order valence-electron chi connectivity index (χ4n) is 1.71. The van der Waals surface area contributed by atoms with Gasteiger partial charge in [-0.15, -0.1) is 11.6 Å². The van der Waals surface area contributed by atoms with Crippen molar-refractivity contribution in [3.8, 4) is 0 Å². The lowest BCUT2D eigenvalue weighted by molar-refractivity contribution is 1.12. The Kier molecular flexibility index (Phi) is 3.13. The molecule has 2 heteroatoms. The summed E-state index contributed by atoms with van der Waals surface area (Å²) in [5.74, 6) is 0. The summed E-state index contributed by atoms with van der Waals surface area (Å²) >= 11 is 8.12. The van der Waals surface area contributed by atoms with Crippen LogP contribution in [0.1, 0.15) is 27.6 Å². The van der Waals surface area contributed by atoms with Crippen molar-refractivity contribution in [2.24, 2.45) is 0 Å². The summed E-state index contributed by atoms with van der Waals surface area (Å²) in [6.45, 7) is 4.22. The van der Waals surface area contributed by atoms with E-state index in [9.17, 15) is 0 Å². The molecule has 0 saturated carbocycles. The number of hydrogen-bond acceptors (Lipinski definition) is 1. The minimum absolute atomic E-state index is 0.0168. The van der Waals surface area contributed by atoms with E-state index in [-0.39, 0.29) is 5.38 Å². The van der Waals surface area contributed by atoms with Gasteiger partial charge in [0.25, 0.3) is 0 Å². The van der Waals surface area contributed by atoms with Gasteiger partial charge in [0.1, 0.15) is 0 Å². The minimum Gasteiger partial charge on any atom is -0.152 e. The number of alkyl halides is 1. The van der Waals surface area contributed by atoms with Gasteiger partial charge in [-0.25, -0.2) is 0 Å². The van der Waals surface area contributed by atoms with E-state index in [0.29, 0.717) is 0 Å². The molecule has 0 fully saturated rings. The molecule has 0 N–H and O–H groups in total. The third-order valence-corrected chi connectivity index (χ3v) is 3.72. The van der Waals surface area contributed by atoms with Crippen LogP contribution in [0.3, 0.4) is 0 Å². The number of aryl methyl sites for hydroxylation is 2. The third kappa shape index (κ3) is 2.24. The predicted molar refractivity (Wildman–Crippen MR) is 67.9 cm³/mol. The standard InChI is InChI=1S/C13H13ClS/c1-9-3-4-12(10(2)7-9)13(14)11-5-6-15-8-11/h3-8,13H,1-2H3. The average molecular weight is 237 g/mol. The second kappa shape index (κ2) is 4.38. The molecule has 1 atom stereocenters. The van der Waals surface area contributed by atoms with Crippen LogP contribution >= 0.6 is 22.9 Å². The Labute approximate surface area is 99.5 Å². The van der Waals surface area contributed by atoms with E-state index in [0.717, 1.165) is 0 Å². The van der Waals surface area contributed by atoms with Crippen molar-refractivity contribution in [2.75, 3.05) is 0 Å². The van der Waals surface area contributed by atoms with E-state index >= 15 is 0 Å². The summed E-state index contributed by atoms with van der Waals surface area (Å²) in [5, 5.41) is 4.16. The molecule has 1 aromatic carbocycles. The smallest absolute Gasteiger partial charge is 0.0846 e. The van der Waals surface area contributed by atoms with Crippen LogP contribution in [-0.4, -0.2) is 0 Å². The Hall–Kier alpha value is -0.790. The summed E-state index contributed by atoms with van der Waals surface area (Å²) in [4.78, 5) is 0. The molecule has 2 aromatic rings. The monoisotopic (exact) mass is 236 g/mol. The summed E-state index contributed by atoms with van der Waals surface area (Å²) < 4.78 is 0. The van der Waals surface area contributed by atoms with E-state index in [1.165, 1.54) is 22.3 Å². The quantitative estimate of drug-likeness (QED) is 0.664. The Morgan fingerprint density at radius 3 is 2.60 bits per heavy atom.